The Morgan fingerprint density at radius 2 is 1.83 bits per heavy atom. The van der Waals surface area contributed by atoms with Crippen LogP contribution in [-0.4, -0.2) is 17.3 Å². The molecule has 4 aromatic rings. The molecular formula is C18H12N2O4. The second-order valence-corrected chi connectivity index (χ2v) is 5.13. The summed E-state index contributed by atoms with van der Waals surface area (Å²) in [5.41, 5.74) is 1.35. The minimum Gasteiger partial charge on any atom is -0.497 e. The summed E-state index contributed by atoms with van der Waals surface area (Å²) in [6.07, 6.45) is 0. The summed E-state index contributed by atoms with van der Waals surface area (Å²) >= 11 is 0. The third-order valence-corrected chi connectivity index (χ3v) is 3.65. The first-order valence-electron chi connectivity index (χ1n) is 7.26. The largest absolute Gasteiger partial charge is 0.497 e. The molecule has 0 aliphatic carbocycles. The van der Waals surface area contributed by atoms with Crippen LogP contribution < -0.4 is 10.4 Å². The molecule has 2 heterocycles. The van der Waals surface area contributed by atoms with Gasteiger partial charge < -0.3 is 13.7 Å². The van der Waals surface area contributed by atoms with Gasteiger partial charge in [-0.2, -0.15) is 4.98 Å². The first-order valence-corrected chi connectivity index (χ1v) is 7.26. The van der Waals surface area contributed by atoms with Crippen LogP contribution in [0.15, 0.2) is 68.3 Å². The maximum atomic E-state index is 11.8. The van der Waals surface area contributed by atoms with Gasteiger partial charge in [-0.25, -0.2) is 4.79 Å². The Morgan fingerprint density at radius 1 is 1.04 bits per heavy atom. The first kappa shape index (κ1) is 14.2. The van der Waals surface area contributed by atoms with Gasteiger partial charge in [0.1, 0.15) is 11.3 Å². The minimum atomic E-state index is -0.465. The van der Waals surface area contributed by atoms with Crippen molar-refractivity contribution in [2.75, 3.05) is 7.11 Å². The molecular weight excluding hydrogens is 308 g/mol. The molecule has 0 saturated heterocycles. The van der Waals surface area contributed by atoms with Gasteiger partial charge in [0.15, 0.2) is 0 Å². The molecule has 6 heteroatoms. The van der Waals surface area contributed by atoms with Crippen molar-refractivity contribution in [2.45, 2.75) is 0 Å². The van der Waals surface area contributed by atoms with Gasteiger partial charge in [0, 0.05) is 17.0 Å². The molecule has 0 saturated carbocycles. The molecule has 6 nitrogen and oxygen atoms in total. The van der Waals surface area contributed by atoms with E-state index in [1.165, 1.54) is 6.07 Å². The SMILES string of the molecule is COc1ccc(-c2noc(-c3cc(=O)oc4ccccc34)n2)cc1. The van der Waals surface area contributed by atoms with Crippen LogP contribution in [0.3, 0.4) is 0 Å². The number of para-hydroxylation sites is 1. The van der Waals surface area contributed by atoms with E-state index in [4.69, 9.17) is 13.7 Å². The number of ether oxygens (including phenoxy) is 1. The molecule has 0 aliphatic rings. The molecule has 0 spiro atoms. The van der Waals surface area contributed by atoms with E-state index >= 15 is 0 Å². The summed E-state index contributed by atoms with van der Waals surface area (Å²) in [6.45, 7) is 0. The van der Waals surface area contributed by atoms with Gasteiger partial charge in [-0.3, -0.25) is 0 Å². The Bertz CT molecular complexity index is 1060. The molecule has 0 atom stereocenters. The van der Waals surface area contributed by atoms with Gasteiger partial charge in [-0.15, -0.1) is 0 Å². The molecule has 0 fully saturated rings. The van der Waals surface area contributed by atoms with Gasteiger partial charge >= 0.3 is 5.63 Å². The zero-order valence-corrected chi connectivity index (χ0v) is 12.7. The van der Waals surface area contributed by atoms with Crippen LogP contribution in [0.2, 0.25) is 0 Å². The third-order valence-electron chi connectivity index (χ3n) is 3.65. The second-order valence-electron chi connectivity index (χ2n) is 5.13. The van der Waals surface area contributed by atoms with Crippen LogP contribution in [0.4, 0.5) is 0 Å². The average molecular weight is 320 g/mol. The third kappa shape index (κ3) is 2.44. The number of benzene rings is 2. The fraction of sp³-hybridized carbons (Fsp3) is 0.0556. The Morgan fingerprint density at radius 3 is 2.62 bits per heavy atom. The summed E-state index contributed by atoms with van der Waals surface area (Å²) < 4.78 is 15.7. The fourth-order valence-electron chi connectivity index (χ4n) is 2.48. The van der Waals surface area contributed by atoms with Gasteiger partial charge in [0.25, 0.3) is 5.89 Å². The lowest BCUT2D eigenvalue weighted by molar-refractivity contribution is 0.415. The van der Waals surface area contributed by atoms with Crippen LogP contribution in [0.1, 0.15) is 0 Å². The quantitative estimate of drug-likeness (QED) is 0.537. The van der Waals surface area contributed by atoms with Crippen LogP contribution in [0.5, 0.6) is 5.75 Å². The van der Waals surface area contributed by atoms with E-state index in [-0.39, 0.29) is 5.89 Å². The van der Waals surface area contributed by atoms with Crippen molar-refractivity contribution in [1.29, 1.82) is 0 Å². The lowest BCUT2D eigenvalue weighted by Gasteiger charge is -2.00. The van der Waals surface area contributed by atoms with Crippen molar-refractivity contribution in [2.24, 2.45) is 0 Å². The predicted molar refractivity (Wildman–Crippen MR) is 87.8 cm³/mol. The van der Waals surface area contributed by atoms with E-state index in [9.17, 15) is 4.79 Å². The minimum absolute atomic E-state index is 0.268. The molecule has 24 heavy (non-hydrogen) atoms. The van der Waals surface area contributed by atoms with Gasteiger partial charge in [0.2, 0.25) is 5.82 Å². The molecule has 0 radical (unpaired) electrons. The average Bonchev–Trinajstić information content (AvgIpc) is 3.11. The summed E-state index contributed by atoms with van der Waals surface area (Å²) in [5.74, 6) is 1.45. The Balaban J connectivity index is 1.81. The zero-order chi connectivity index (χ0) is 16.5. The number of hydrogen-bond acceptors (Lipinski definition) is 6. The van der Waals surface area contributed by atoms with Crippen molar-refractivity contribution in [3.63, 3.8) is 0 Å². The molecule has 4 rings (SSSR count). The molecule has 2 aromatic carbocycles. The molecule has 0 aliphatic heterocycles. The molecule has 0 N–H and O–H groups in total. The highest BCUT2D eigenvalue weighted by Gasteiger charge is 2.15. The van der Waals surface area contributed by atoms with E-state index in [2.05, 4.69) is 10.1 Å². The van der Waals surface area contributed by atoms with Crippen molar-refractivity contribution < 1.29 is 13.7 Å². The maximum absolute atomic E-state index is 11.8. The van der Waals surface area contributed by atoms with E-state index in [0.29, 0.717) is 17.0 Å². The van der Waals surface area contributed by atoms with E-state index in [1.54, 1.807) is 19.2 Å². The molecule has 0 unspecified atom stereocenters. The van der Waals surface area contributed by atoms with E-state index in [0.717, 1.165) is 16.7 Å². The maximum Gasteiger partial charge on any atom is 0.337 e. The number of nitrogens with zero attached hydrogens (tertiary/aromatic N) is 2. The summed E-state index contributed by atoms with van der Waals surface area (Å²) in [6, 6.07) is 15.9. The zero-order valence-electron chi connectivity index (χ0n) is 12.7. The normalized spacial score (nSPS) is 10.9. The van der Waals surface area contributed by atoms with Crippen molar-refractivity contribution in [3.8, 4) is 28.6 Å². The van der Waals surface area contributed by atoms with Crippen molar-refractivity contribution in [1.82, 2.24) is 10.1 Å². The topological polar surface area (TPSA) is 78.4 Å². The number of rotatable bonds is 3. The highest BCUT2D eigenvalue weighted by atomic mass is 16.5. The number of methoxy groups -OCH3 is 1. The molecule has 0 amide bonds. The van der Waals surface area contributed by atoms with Crippen LogP contribution in [0.25, 0.3) is 33.8 Å². The second kappa shape index (κ2) is 5.66. The molecule has 118 valence electrons. The smallest absolute Gasteiger partial charge is 0.337 e. The molecule has 2 aromatic heterocycles. The fourth-order valence-corrected chi connectivity index (χ4v) is 2.48. The number of hydrogen-bond donors (Lipinski definition) is 0. The summed E-state index contributed by atoms with van der Waals surface area (Å²) in [7, 11) is 1.60. The van der Waals surface area contributed by atoms with E-state index in [1.807, 2.05) is 36.4 Å². The number of aromatic nitrogens is 2. The Kier molecular flexibility index (Phi) is 3.35. The summed E-state index contributed by atoms with van der Waals surface area (Å²) in [5, 5.41) is 4.73. The number of fused-ring (bicyclic) bond motifs is 1. The van der Waals surface area contributed by atoms with Crippen LogP contribution >= 0.6 is 0 Å². The highest BCUT2D eigenvalue weighted by Crippen LogP contribution is 2.28. The van der Waals surface area contributed by atoms with Crippen molar-refractivity contribution >= 4 is 11.0 Å². The standard InChI is InChI=1S/C18H12N2O4/c1-22-12-8-6-11(7-9-12)17-19-18(24-20-17)14-10-16(21)23-15-5-3-2-4-13(14)15/h2-10H,1H3. The summed E-state index contributed by atoms with van der Waals surface area (Å²) in [4.78, 5) is 16.2. The Hall–Kier alpha value is -3.41. The van der Waals surface area contributed by atoms with E-state index < -0.39 is 5.63 Å². The predicted octanol–water partition coefficient (Wildman–Crippen LogP) is 3.52. The lowest BCUT2D eigenvalue weighted by atomic mass is 10.1. The van der Waals surface area contributed by atoms with Gasteiger partial charge in [-0.05, 0) is 30.3 Å². The van der Waals surface area contributed by atoms with Gasteiger partial charge in [0.05, 0.1) is 12.7 Å². The Labute approximate surface area is 136 Å². The van der Waals surface area contributed by atoms with Crippen LogP contribution in [0, 0.1) is 0 Å². The first-order chi connectivity index (χ1) is 11.7. The van der Waals surface area contributed by atoms with Crippen LogP contribution in [-0.2, 0) is 0 Å². The van der Waals surface area contributed by atoms with Gasteiger partial charge in [-0.1, -0.05) is 23.4 Å². The lowest BCUT2D eigenvalue weighted by Crippen LogP contribution is -1.98. The van der Waals surface area contributed by atoms with Crippen molar-refractivity contribution in [3.05, 3.63) is 65.0 Å². The monoisotopic (exact) mass is 320 g/mol. The highest BCUT2D eigenvalue weighted by molar-refractivity contribution is 5.90. The molecule has 0 bridgehead atoms.